The third-order valence-corrected chi connectivity index (χ3v) is 4.55. The number of hydrogen-bond acceptors (Lipinski definition) is 3. The highest BCUT2D eigenvalue weighted by Crippen LogP contribution is 2.20. The van der Waals surface area contributed by atoms with Gasteiger partial charge in [-0.3, -0.25) is 14.4 Å². The Morgan fingerprint density at radius 1 is 1.19 bits per heavy atom. The van der Waals surface area contributed by atoms with Gasteiger partial charge < -0.3 is 15.5 Å². The first-order chi connectivity index (χ1) is 12.4. The van der Waals surface area contributed by atoms with Gasteiger partial charge >= 0.3 is 0 Å². The average molecular weight is 359 g/mol. The summed E-state index contributed by atoms with van der Waals surface area (Å²) in [7, 11) is 0. The molecule has 6 nitrogen and oxygen atoms in total. The molecule has 0 spiro atoms. The summed E-state index contributed by atoms with van der Waals surface area (Å²) in [4.78, 5) is 38.4. The number of anilines is 1. The highest BCUT2D eigenvalue weighted by Gasteiger charge is 2.28. The Hall–Kier alpha value is -2.37. The van der Waals surface area contributed by atoms with Crippen LogP contribution < -0.4 is 10.6 Å². The number of rotatable bonds is 6. The highest BCUT2D eigenvalue weighted by atomic mass is 16.2. The second kappa shape index (κ2) is 9.36. The summed E-state index contributed by atoms with van der Waals surface area (Å²) in [6, 6.07) is 6.92. The van der Waals surface area contributed by atoms with Crippen LogP contribution in [0.2, 0.25) is 0 Å². The van der Waals surface area contributed by atoms with Crippen molar-refractivity contribution in [3.05, 3.63) is 29.8 Å². The summed E-state index contributed by atoms with van der Waals surface area (Å²) in [5, 5.41) is 5.73. The molecule has 1 atom stereocenters. The van der Waals surface area contributed by atoms with E-state index in [4.69, 9.17) is 0 Å². The van der Waals surface area contributed by atoms with E-state index >= 15 is 0 Å². The number of amides is 3. The number of carbonyl (C=O) groups is 3. The van der Waals surface area contributed by atoms with Crippen molar-refractivity contribution in [3.63, 3.8) is 0 Å². The Bertz CT molecular complexity index is 640. The van der Waals surface area contributed by atoms with Gasteiger partial charge in [0.1, 0.15) is 0 Å². The van der Waals surface area contributed by atoms with E-state index in [1.807, 2.05) is 20.8 Å². The first-order valence-corrected chi connectivity index (χ1v) is 9.40. The second-order valence-corrected chi connectivity index (χ2v) is 7.10. The monoisotopic (exact) mass is 359 g/mol. The standard InChI is InChI=1S/C20H29N3O3/c1-4-11-21-19(25)16-6-5-12-23(13-16)20(26)15-7-9-17(10-8-15)22-18(24)14(2)3/h7-10,14,16H,4-6,11-13H2,1-3H3,(H,21,25)(H,22,24)/t16-/m0/s1. The largest absolute Gasteiger partial charge is 0.356 e. The number of piperidine rings is 1. The van der Waals surface area contributed by atoms with Crippen LogP contribution in [0.5, 0.6) is 0 Å². The molecule has 1 aromatic carbocycles. The van der Waals surface area contributed by atoms with E-state index in [1.54, 1.807) is 29.2 Å². The van der Waals surface area contributed by atoms with Crippen LogP contribution in [0.3, 0.4) is 0 Å². The lowest BCUT2D eigenvalue weighted by molar-refractivity contribution is -0.126. The van der Waals surface area contributed by atoms with Crippen LogP contribution in [0.1, 0.15) is 50.4 Å². The van der Waals surface area contributed by atoms with Crippen molar-refractivity contribution in [2.24, 2.45) is 11.8 Å². The van der Waals surface area contributed by atoms with Gasteiger partial charge in [0.25, 0.3) is 5.91 Å². The molecule has 0 unspecified atom stereocenters. The molecular formula is C20H29N3O3. The minimum Gasteiger partial charge on any atom is -0.356 e. The summed E-state index contributed by atoms with van der Waals surface area (Å²) in [6.07, 6.45) is 2.55. The SMILES string of the molecule is CCCNC(=O)[C@H]1CCCN(C(=O)c2ccc(NC(=O)C(C)C)cc2)C1. The molecule has 26 heavy (non-hydrogen) atoms. The van der Waals surface area contributed by atoms with Crippen molar-refractivity contribution in [2.75, 3.05) is 25.0 Å². The van der Waals surface area contributed by atoms with Gasteiger partial charge in [0.15, 0.2) is 0 Å². The van der Waals surface area contributed by atoms with E-state index in [0.29, 0.717) is 30.9 Å². The third-order valence-electron chi connectivity index (χ3n) is 4.55. The Balaban J connectivity index is 1.97. The molecule has 2 N–H and O–H groups in total. The second-order valence-electron chi connectivity index (χ2n) is 7.10. The lowest BCUT2D eigenvalue weighted by atomic mass is 9.96. The van der Waals surface area contributed by atoms with Gasteiger partial charge in [-0.2, -0.15) is 0 Å². The third kappa shape index (κ3) is 5.31. The van der Waals surface area contributed by atoms with Gasteiger partial charge in [0.05, 0.1) is 5.92 Å². The van der Waals surface area contributed by atoms with Crippen LogP contribution in [0.15, 0.2) is 24.3 Å². The Morgan fingerprint density at radius 3 is 2.50 bits per heavy atom. The summed E-state index contributed by atoms with van der Waals surface area (Å²) in [6.45, 7) is 7.48. The molecular weight excluding hydrogens is 330 g/mol. The molecule has 1 aliphatic rings. The molecule has 6 heteroatoms. The van der Waals surface area contributed by atoms with Crippen molar-refractivity contribution < 1.29 is 14.4 Å². The molecule has 1 heterocycles. The van der Waals surface area contributed by atoms with Gasteiger partial charge in [-0.25, -0.2) is 0 Å². The van der Waals surface area contributed by atoms with Gasteiger partial charge in [0.2, 0.25) is 11.8 Å². The fourth-order valence-electron chi connectivity index (χ4n) is 2.93. The zero-order valence-electron chi connectivity index (χ0n) is 15.9. The maximum Gasteiger partial charge on any atom is 0.253 e. The molecule has 2 rings (SSSR count). The quantitative estimate of drug-likeness (QED) is 0.820. The number of hydrogen-bond donors (Lipinski definition) is 2. The number of nitrogens with zero attached hydrogens (tertiary/aromatic N) is 1. The Labute approximate surface area is 155 Å². The number of benzene rings is 1. The van der Waals surface area contributed by atoms with E-state index in [0.717, 1.165) is 19.3 Å². The maximum absolute atomic E-state index is 12.7. The van der Waals surface area contributed by atoms with E-state index in [9.17, 15) is 14.4 Å². The fourth-order valence-corrected chi connectivity index (χ4v) is 2.93. The number of nitrogens with one attached hydrogen (secondary N) is 2. The number of likely N-dealkylation sites (tertiary alicyclic amines) is 1. The first kappa shape index (κ1) is 19.9. The summed E-state index contributed by atoms with van der Waals surface area (Å²) < 4.78 is 0. The Morgan fingerprint density at radius 2 is 1.88 bits per heavy atom. The predicted octanol–water partition coefficient (Wildman–Crippen LogP) is 2.66. The number of carbonyl (C=O) groups excluding carboxylic acids is 3. The highest BCUT2D eigenvalue weighted by molar-refractivity contribution is 5.96. The normalized spacial score (nSPS) is 17.1. The van der Waals surface area contributed by atoms with Crippen LogP contribution in [-0.4, -0.2) is 42.3 Å². The molecule has 0 aromatic heterocycles. The molecule has 1 aromatic rings. The van der Waals surface area contributed by atoms with E-state index in [-0.39, 0.29) is 29.6 Å². The zero-order chi connectivity index (χ0) is 19.1. The summed E-state index contributed by atoms with van der Waals surface area (Å²) >= 11 is 0. The smallest absolute Gasteiger partial charge is 0.253 e. The zero-order valence-corrected chi connectivity index (χ0v) is 15.9. The van der Waals surface area contributed by atoms with Crippen molar-refractivity contribution in [1.82, 2.24) is 10.2 Å². The first-order valence-electron chi connectivity index (χ1n) is 9.40. The lowest BCUT2D eigenvalue weighted by Gasteiger charge is -2.32. The van der Waals surface area contributed by atoms with Gasteiger partial charge in [0, 0.05) is 36.8 Å². The van der Waals surface area contributed by atoms with Crippen LogP contribution in [-0.2, 0) is 9.59 Å². The van der Waals surface area contributed by atoms with Crippen LogP contribution in [0.25, 0.3) is 0 Å². The molecule has 3 amide bonds. The van der Waals surface area contributed by atoms with Crippen LogP contribution in [0, 0.1) is 11.8 Å². The molecule has 1 aliphatic heterocycles. The average Bonchev–Trinajstić information content (AvgIpc) is 2.66. The van der Waals surface area contributed by atoms with Gasteiger partial charge in [-0.05, 0) is 43.5 Å². The van der Waals surface area contributed by atoms with E-state index in [2.05, 4.69) is 10.6 Å². The van der Waals surface area contributed by atoms with Gasteiger partial charge in [-0.1, -0.05) is 20.8 Å². The predicted molar refractivity (Wildman–Crippen MR) is 102 cm³/mol. The lowest BCUT2D eigenvalue weighted by Crippen LogP contribution is -2.45. The minimum absolute atomic E-state index is 0.0381. The fraction of sp³-hybridized carbons (Fsp3) is 0.550. The van der Waals surface area contributed by atoms with Crippen molar-refractivity contribution in [3.8, 4) is 0 Å². The summed E-state index contributed by atoms with van der Waals surface area (Å²) in [5.74, 6) is -0.318. The molecule has 1 fully saturated rings. The topological polar surface area (TPSA) is 78.5 Å². The minimum atomic E-state index is -0.135. The van der Waals surface area contributed by atoms with Crippen molar-refractivity contribution in [1.29, 1.82) is 0 Å². The summed E-state index contributed by atoms with van der Waals surface area (Å²) in [5.41, 5.74) is 1.25. The van der Waals surface area contributed by atoms with Crippen LogP contribution >= 0.6 is 0 Å². The molecule has 142 valence electrons. The molecule has 0 radical (unpaired) electrons. The molecule has 0 saturated carbocycles. The Kier molecular flexibility index (Phi) is 7.18. The van der Waals surface area contributed by atoms with E-state index < -0.39 is 0 Å². The molecule has 0 bridgehead atoms. The molecule has 0 aliphatic carbocycles. The van der Waals surface area contributed by atoms with Crippen molar-refractivity contribution >= 4 is 23.4 Å². The molecule has 1 saturated heterocycles. The maximum atomic E-state index is 12.7. The van der Waals surface area contributed by atoms with Crippen LogP contribution in [0.4, 0.5) is 5.69 Å². The van der Waals surface area contributed by atoms with Crippen molar-refractivity contribution in [2.45, 2.75) is 40.0 Å². The van der Waals surface area contributed by atoms with Gasteiger partial charge in [-0.15, -0.1) is 0 Å². The van der Waals surface area contributed by atoms with E-state index in [1.165, 1.54) is 0 Å².